The van der Waals surface area contributed by atoms with Crippen LogP contribution in [0.15, 0.2) is 36.5 Å². The third kappa shape index (κ3) is 5.40. The molecule has 216 valence electrons. The summed E-state index contributed by atoms with van der Waals surface area (Å²) in [6.45, 7) is 3.63. The van der Waals surface area contributed by atoms with Crippen LogP contribution in [0.2, 0.25) is 0 Å². The van der Waals surface area contributed by atoms with Gasteiger partial charge in [0.2, 0.25) is 11.8 Å². The Morgan fingerprint density at radius 3 is 2.61 bits per heavy atom. The van der Waals surface area contributed by atoms with Crippen molar-refractivity contribution in [2.45, 2.75) is 32.6 Å². The highest BCUT2D eigenvalue weighted by molar-refractivity contribution is 6.11. The van der Waals surface area contributed by atoms with Crippen LogP contribution in [0.5, 0.6) is 0 Å². The third-order valence-corrected chi connectivity index (χ3v) is 8.51. The summed E-state index contributed by atoms with van der Waals surface area (Å²) in [6, 6.07) is 8.61. The predicted molar refractivity (Wildman–Crippen MR) is 153 cm³/mol. The van der Waals surface area contributed by atoms with Crippen LogP contribution in [-0.4, -0.2) is 81.4 Å². The lowest BCUT2D eigenvalue weighted by Crippen LogP contribution is -2.64. The molecular weight excluding hydrogens is 527 g/mol. The smallest absolute Gasteiger partial charge is 0.303 e. The molecule has 2 fully saturated rings. The number of aliphatic carboxylic acids is 1. The van der Waals surface area contributed by atoms with Crippen LogP contribution in [0.4, 0.5) is 10.1 Å². The third-order valence-electron chi connectivity index (χ3n) is 8.51. The number of rotatable bonds is 10. The summed E-state index contributed by atoms with van der Waals surface area (Å²) in [5, 5.41) is 26.3. The summed E-state index contributed by atoms with van der Waals surface area (Å²) < 4.78 is 17.2. The zero-order valence-electron chi connectivity index (χ0n) is 23.5. The van der Waals surface area contributed by atoms with Crippen molar-refractivity contribution in [2.24, 2.45) is 18.4 Å². The number of hydrogen-bond acceptors (Lipinski definition) is 6. The van der Waals surface area contributed by atoms with E-state index in [2.05, 4.69) is 10.4 Å². The first-order chi connectivity index (χ1) is 19.5. The molecule has 0 unspecified atom stereocenters. The van der Waals surface area contributed by atoms with E-state index in [0.717, 1.165) is 5.52 Å². The van der Waals surface area contributed by atoms with E-state index in [1.807, 2.05) is 13.0 Å². The number of nitrogens with one attached hydrogen (secondary N) is 2. The second kappa shape index (κ2) is 10.9. The molecule has 1 aliphatic carbocycles. The Kier molecular flexibility index (Phi) is 7.54. The molecule has 2 aliphatic rings. The Balaban J connectivity index is 1.41. The fourth-order valence-electron chi connectivity index (χ4n) is 6.04. The Labute approximate surface area is 237 Å². The molecule has 3 N–H and O–H groups in total. The number of carbonyl (C=O) groups is 3. The fourth-order valence-corrected chi connectivity index (χ4v) is 6.04. The van der Waals surface area contributed by atoms with E-state index in [1.165, 1.54) is 6.07 Å². The standard InChI is InChI=1S/C30H35FN6O4/c1-4-35(2)26(39)15-33-23-7-5-6-20(21-11-24-18(10-22(21)31)14-34-36(24)3)28(23)29(32)19-12-30(13-19)16-37(17-30)25(38)8-9-27(40)41/h5-7,10-11,14,19,32-33H,4,8-9,12-13,15-17H2,1-3H3,(H,40,41). The van der Waals surface area contributed by atoms with Crippen molar-refractivity contribution in [3.05, 3.63) is 47.9 Å². The molecule has 41 heavy (non-hydrogen) atoms. The van der Waals surface area contributed by atoms with Gasteiger partial charge in [-0.2, -0.15) is 5.10 Å². The van der Waals surface area contributed by atoms with Crippen LogP contribution in [0.3, 0.4) is 0 Å². The molecule has 0 bridgehead atoms. The number of carboxylic acid groups (broad SMARTS) is 1. The second-order valence-electron chi connectivity index (χ2n) is 11.3. The zero-order chi connectivity index (χ0) is 29.5. The number of likely N-dealkylation sites (tertiary alicyclic amines) is 1. The number of hydrogen-bond donors (Lipinski definition) is 3. The predicted octanol–water partition coefficient (Wildman–Crippen LogP) is 3.74. The Morgan fingerprint density at radius 2 is 1.93 bits per heavy atom. The van der Waals surface area contributed by atoms with E-state index < -0.39 is 11.8 Å². The number of benzene rings is 2. The number of carbonyl (C=O) groups excluding carboxylic acids is 2. The monoisotopic (exact) mass is 562 g/mol. The van der Waals surface area contributed by atoms with Crippen LogP contribution < -0.4 is 5.32 Å². The molecule has 11 heteroatoms. The van der Waals surface area contributed by atoms with Gasteiger partial charge in [-0.25, -0.2) is 4.39 Å². The normalized spacial score (nSPS) is 15.9. The van der Waals surface area contributed by atoms with Gasteiger partial charge in [0, 0.05) is 79.4 Å². The minimum Gasteiger partial charge on any atom is -0.481 e. The van der Waals surface area contributed by atoms with Crippen LogP contribution in [0.1, 0.15) is 38.2 Å². The highest BCUT2D eigenvalue weighted by Gasteiger charge is 2.54. The number of halogens is 1. The maximum Gasteiger partial charge on any atom is 0.303 e. The lowest BCUT2D eigenvalue weighted by Gasteiger charge is -2.59. The quantitative estimate of drug-likeness (QED) is 0.323. The molecule has 2 amide bonds. The maximum atomic E-state index is 15.5. The molecule has 1 saturated carbocycles. The van der Waals surface area contributed by atoms with Crippen molar-refractivity contribution in [1.29, 1.82) is 5.41 Å². The summed E-state index contributed by atoms with van der Waals surface area (Å²) in [5.41, 5.74) is 3.14. The number of likely N-dealkylation sites (N-methyl/N-ethyl adjacent to an activating group) is 1. The molecule has 2 aromatic carbocycles. The summed E-state index contributed by atoms with van der Waals surface area (Å²) in [7, 11) is 3.52. The number of fused-ring (bicyclic) bond motifs is 1. The molecular formula is C30H35FN6O4. The summed E-state index contributed by atoms with van der Waals surface area (Å²) in [6.07, 6.45) is 2.85. The van der Waals surface area contributed by atoms with Crippen LogP contribution in [0.25, 0.3) is 22.0 Å². The number of nitrogens with zero attached hydrogens (tertiary/aromatic N) is 4. The highest BCUT2D eigenvalue weighted by Crippen LogP contribution is 2.53. The average Bonchev–Trinajstić information content (AvgIpc) is 3.26. The molecule has 10 nitrogen and oxygen atoms in total. The number of carboxylic acids is 1. The molecule has 2 heterocycles. The first kappa shape index (κ1) is 28.3. The van der Waals surface area contributed by atoms with Gasteiger partial charge >= 0.3 is 5.97 Å². The van der Waals surface area contributed by atoms with E-state index in [-0.39, 0.29) is 42.5 Å². The van der Waals surface area contributed by atoms with Gasteiger partial charge in [0.25, 0.3) is 0 Å². The van der Waals surface area contributed by atoms with Gasteiger partial charge in [-0.05, 0) is 43.5 Å². The van der Waals surface area contributed by atoms with Crippen molar-refractivity contribution in [3.63, 3.8) is 0 Å². The van der Waals surface area contributed by atoms with E-state index in [1.54, 1.807) is 53.0 Å². The topological polar surface area (TPSA) is 132 Å². The Morgan fingerprint density at radius 1 is 1.20 bits per heavy atom. The maximum absolute atomic E-state index is 15.5. The van der Waals surface area contributed by atoms with Crippen molar-refractivity contribution in [2.75, 3.05) is 38.5 Å². The van der Waals surface area contributed by atoms with Gasteiger partial charge < -0.3 is 25.6 Å². The van der Waals surface area contributed by atoms with Gasteiger partial charge in [-0.3, -0.25) is 19.1 Å². The van der Waals surface area contributed by atoms with Crippen LogP contribution in [-0.2, 0) is 21.4 Å². The second-order valence-corrected chi connectivity index (χ2v) is 11.3. The average molecular weight is 563 g/mol. The van der Waals surface area contributed by atoms with E-state index >= 15 is 4.39 Å². The van der Waals surface area contributed by atoms with Crippen molar-refractivity contribution in [3.8, 4) is 11.1 Å². The Hall–Kier alpha value is -4.28. The molecule has 0 radical (unpaired) electrons. The van der Waals surface area contributed by atoms with Gasteiger partial charge in [0.1, 0.15) is 5.82 Å². The molecule has 3 aromatic rings. The molecule has 0 atom stereocenters. The van der Waals surface area contributed by atoms with Crippen molar-refractivity contribution < 1.29 is 23.9 Å². The van der Waals surface area contributed by atoms with Gasteiger partial charge in [-0.15, -0.1) is 0 Å². The first-order valence-electron chi connectivity index (χ1n) is 13.8. The highest BCUT2D eigenvalue weighted by atomic mass is 19.1. The van der Waals surface area contributed by atoms with E-state index in [4.69, 9.17) is 5.11 Å². The molecule has 1 spiro atoms. The van der Waals surface area contributed by atoms with Gasteiger partial charge in [0.15, 0.2) is 0 Å². The van der Waals surface area contributed by atoms with E-state index in [0.29, 0.717) is 66.0 Å². The van der Waals surface area contributed by atoms with Gasteiger partial charge in [0.05, 0.1) is 24.7 Å². The summed E-state index contributed by atoms with van der Waals surface area (Å²) in [5.74, 6) is -1.75. The van der Waals surface area contributed by atoms with Crippen LogP contribution in [0, 0.1) is 22.6 Å². The fraction of sp³-hybridized carbons (Fsp3) is 0.433. The number of aromatic nitrogens is 2. The minimum atomic E-state index is -0.990. The SMILES string of the molecule is CCN(C)C(=O)CNc1cccc(-c2cc3c(cnn3C)cc2F)c1C(=N)C1CC2(C1)CN(C(=O)CCC(=O)O)C2. The number of amides is 2. The number of anilines is 1. The van der Waals surface area contributed by atoms with Gasteiger partial charge in [-0.1, -0.05) is 12.1 Å². The zero-order valence-corrected chi connectivity index (χ0v) is 23.5. The lowest BCUT2D eigenvalue weighted by molar-refractivity contribution is -0.154. The first-order valence-corrected chi connectivity index (χ1v) is 13.8. The van der Waals surface area contributed by atoms with Crippen molar-refractivity contribution >= 4 is 40.1 Å². The van der Waals surface area contributed by atoms with Crippen molar-refractivity contribution in [1.82, 2.24) is 19.6 Å². The molecule has 1 aromatic heterocycles. The molecule has 1 aliphatic heterocycles. The molecule has 5 rings (SSSR count). The lowest BCUT2D eigenvalue weighted by atomic mass is 9.55. The Bertz CT molecular complexity index is 1540. The summed E-state index contributed by atoms with van der Waals surface area (Å²) >= 11 is 0. The minimum absolute atomic E-state index is 0.00836. The van der Waals surface area contributed by atoms with E-state index in [9.17, 15) is 19.8 Å². The van der Waals surface area contributed by atoms with Crippen LogP contribution >= 0.6 is 0 Å². The molecule has 1 saturated heterocycles. The largest absolute Gasteiger partial charge is 0.481 e. The number of aryl methyl sites for hydroxylation is 1. The summed E-state index contributed by atoms with van der Waals surface area (Å²) in [4.78, 5) is 39.0.